The second-order valence-electron chi connectivity index (χ2n) is 9.15. The van der Waals surface area contributed by atoms with Gasteiger partial charge in [-0.1, -0.05) is 81.4 Å². The predicted molar refractivity (Wildman–Crippen MR) is 141 cm³/mol. The van der Waals surface area contributed by atoms with Crippen molar-refractivity contribution in [3.05, 3.63) is 34.3 Å². The SMILES string of the molecule is CCCCOCC1O[C@@H](c2cccc(Br)c2)[C@H](OCCCC)C(OCCCC)[C@@H]1OCCCC. The first-order valence-corrected chi connectivity index (χ1v) is 14.3. The lowest BCUT2D eigenvalue weighted by atomic mass is 9.90. The van der Waals surface area contributed by atoms with Crippen molar-refractivity contribution >= 4 is 15.9 Å². The normalized spacial score (nSPS) is 25.0. The maximum Gasteiger partial charge on any atom is 0.117 e. The molecule has 5 nitrogen and oxygen atoms in total. The van der Waals surface area contributed by atoms with Crippen molar-refractivity contribution in [1.82, 2.24) is 0 Å². The molecule has 34 heavy (non-hydrogen) atoms. The van der Waals surface area contributed by atoms with Crippen LogP contribution in [0.3, 0.4) is 0 Å². The number of unbranched alkanes of at least 4 members (excludes halogenated alkanes) is 4. The Bertz CT molecular complexity index is 643. The fourth-order valence-corrected chi connectivity index (χ4v) is 4.53. The van der Waals surface area contributed by atoms with Gasteiger partial charge in [0.15, 0.2) is 0 Å². The third-order valence-electron chi connectivity index (χ3n) is 6.16. The smallest absolute Gasteiger partial charge is 0.117 e. The van der Waals surface area contributed by atoms with Crippen molar-refractivity contribution in [1.29, 1.82) is 0 Å². The molecule has 2 unspecified atom stereocenters. The highest BCUT2D eigenvalue weighted by Crippen LogP contribution is 2.38. The summed E-state index contributed by atoms with van der Waals surface area (Å²) in [6.07, 6.45) is 7.32. The van der Waals surface area contributed by atoms with E-state index in [1.165, 1.54) is 0 Å². The second-order valence-corrected chi connectivity index (χ2v) is 10.1. The fourth-order valence-electron chi connectivity index (χ4n) is 4.11. The summed E-state index contributed by atoms with van der Waals surface area (Å²) >= 11 is 3.63. The molecule has 1 heterocycles. The second kappa shape index (κ2) is 17.9. The van der Waals surface area contributed by atoms with E-state index >= 15 is 0 Å². The molecule has 0 saturated carbocycles. The molecule has 6 heteroatoms. The highest BCUT2D eigenvalue weighted by molar-refractivity contribution is 9.10. The molecular formula is C28H47BrO5. The quantitative estimate of drug-likeness (QED) is 0.182. The van der Waals surface area contributed by atoms with E-state index in [9.17, 15) is 0 Å². The first kappa shape index (κ1) is 29.7. The summed E-state index contributed by atoms with van der Waals surface area (Å²) in [5, 5.41) is 0. The molecule has 196 valence electrons. The fraction of sp³-hybridized carbons (Fsp3) is 0.786. The zero-order chi connectivity index (χ0) is 24.6. The summed E-state index contributed by atoms with van der Waals surface area (Å²) < 4.78 is 33.4. The molecule has 0 amide bonds. The maximum absolute atomic E-state index is 6.76. The van der Waals surface area contributed by atoms with Crippen LogP contribution in [0.2, 0.25) is 0 Å². The van der Waals surface area contributed by atoms with E-state index < -0.39 is 0 Å². The maximum atomic E-state index is 6.76. The van der Waals surface area contributed by atoms with Crippen LogP contribution in [0.15, 0.2) is 28.7 Å². The minimum absolute atomic E-state index is 0.210. The number of benzene rings is 1. The number of halogens is 1. The van der Waals surface area contributed by atoms with E-state index in [4.69, 9.17) is 23.7 Å². The molecule has 1 fully saturated rings. The van der Waals surface area contributed by atoms with Gasteiger partial charge in [-0.25, -0.2) is 0 Å². The average Bonchev–Trinajstić information content (AvgIpc) is 2.84. The Morgan fingerprint density at radius 1 is 0.735 bits per heavy atom. The molecule has 2 rings (SSSR count). The van der Waals surface area contributed by atoms with Crippen molar-refractivity contribution in [3.8, 4) is 0 Å². The van der Waals surface area contributed by atoms with Crippen LogP contribution in [0, 0.1) is 0 Å². The van der Waals surface area contributed by atoms with E-state index in [0.717, 1.165) is 68.0 Å². The summed E-state index contributed by atoms with van der Waals surface area (Å²) in [7, 11) is 0. The Hall–Kier alpha value is -0.500. The standard InChI is InChI=1S/C28H47BrO5/c1-5-9-16-30-21-24-26(31-17-10-6-2)28(33-19-12-8-4)27(32-18-11-7-3)25(34-24)22-14-13-15-23(29)20-22/h13-15,20,24-28H,5-12,16-19,21H2,1-4H3/t24?,25-,26+,27-,28?/m0/s1. The number of ether oxygens (including phenoxy) is 5. The molecule has 0 bridgehead atoms. The van der Waals surface area contributed by atoms with Gasteiger partial charge in [0.1, 0.15) is 30.5 Å². The minimum Gasteiger partial charge on any atom is -0.379 e. The number of rotatable bonds is 18. The summed E-state index contributed by atoms with van der Waals surface area (Å²) in [5.74, 6) is 0. The molecule has 0 aliphatic carbocycles. The van der Waals surface area contributed by atoms with Gasteiger partial charge in [0.2, 0.25) is 0 Å². The van der Waals surface area contributed by atoms with Crippen LogP contribution in [0.4, 0.5) is 0 Å². The molecule has 1 aliphatic rings. The van der Waals surface area contributed by atoms with Crippen LogP contribution >= 0.6 is 15.9 Å². The molecule has 0 aromatic heterocycles. The van der Waals surface area contributed by atoms with Gasteiger partial charge in [0.05, 0.1) is 6.61 Å². The first-order chi connectivity index (χ1) is 16.7. The van der Waals surface area contributed by atoms with Crippen molar-refractivity contribution in [2.75, 3.05) is 33.0 Å². The zero-order valence-electron chi connectivity index (χ0n) is 21.8. The van der Waals surface area contributed by atoms with E-state index in [0.29, 0.717) is 26.4 Å². The minimum atomic E-state index is -0.244. The third kappa shape index (κ3) is 9.87. The van der Waals surface area contributed by atoms with Gasteiger partial charge in [0, 0.05) is 30.9 Å². The Balaban J connectivity index is 2.35. The highest BCUT2D eigenvalue weighted by atomic mass is 79.9. The molecule has 1 saturated heterocycles. The molecule has 1 aromatic rings. The molecular weight excluding hydrogens is 496 g/mol. The van der Waals surface area contributed by atoms with Crippen LogP contribution < -0.4 is 0 Å². The molecule has 1 aliphatic heterocycles. The Morgan fingerprint density at radius 2 is 1.29 bits per heavy atom. The summed E-state index contributed by atoms with van der Waals surface area (Å²) in [4.78, 5) is 0. The van der Waals surface area contributed by atoms with Gasteiger partial charge < -0.3 is 23.7 Å². The topological polar surface area (TPSA) is 46.2 Å². The molecule has 0 N–H and O–H groups in total. The van der Waals surface area contributed by atoms with Crippen LogP contribution in [0.5, 0.6) is 0 Å². The van der Waals surface area contributed by atoms with Crippen LogP contribution in [-0.4, -0.2) is 57.5 Å². The lowest BCUT2D eigenvalue weighted by molar-refractivity contribution is -0.268. The zero-order valence-corrected chi connectivity index (χ0v) is 23.4. The molecule has 5 atom stereocenters. The first-order valence-electron chi connectivity index (χ1n) is 13.5. The van der Waals surface area contributed by atoms with Gasteiger partial charge in [-0.3, -0.25) is 0 Å². The predicted octanol–water partition coefficient (Wildman–Crippen LogP) is 7.26. The van der Waals surface area contributed by atoms with Gasteiger partial charge in [-0.05, 0) is 43.4 Å². The van der Waals surface area contributed by atoms with Gasteiger partial charge in [0.25, 0.3) is 0 Å². The summed E-state index contributed by atoms with van der Waals surface area (Å²) in [5.41, 5.74) is 1.09. The summed E-state index contributed by atoms with van der Waals surface area (Å²) in [6, 6.07) is 8.32. The molecule has 0 spiro atoms. The van der Waals surface area contributed by atoms with Crippen LogP contribution in [-0.2, 0) is 23.7 Å². The average molecular weight is 544 g/mol. The lowest BCUT2D eigenvalue weighted by Crippen LogP contribution is -2.58. The van der Waals surface area contributed by atoms with E-state index in [1.807, 2.05) is 6.07 Å². The van der Waals surface area contributed by atoms with E-state index in [2.05, 4.69) is 61.8 Å². The van der Waals surface area contributed by atoms with Gasteiger partial charge in [-0.15, -0.1) is 0 Å². The van der Waals surface area contributed by atoms with Crippen molar-refractivity contribution in [2.45, 2.75) is 110 Å². The third-order valence-corrected chi connectivity index (χ3v) is 6.65. The number of hydrogen-bond donors (Lipinski definition) is 0. The lowest BCUT2D eigenvalue weighted by Gasteiger charge is -2.46. The monoisotopic (exact) mass is 542 g/mol. The van der Waals surface area contributed by atoms with E-state index in [1.54, 1.807) is 0 Å². The Labute approximate surface area is 216 Å². The molecule has 0 radical (unpaired) electrons. The number of hydrogen-bond acceptors (Lipinski definition) is 5. The molecule has 1 aromatic carbocycles. The van der Waals surface area contributed by atoms with Crippen molar-refractivity contribution < 1.29 is 23.7 Å². The van der Waals surface area contributed by atoms with Crippen molar-refractivity contribution in [3.63, 3.8) is 0 Å². The highest BCUT2D eigenvalue weighted by Gasteiger charge is 2.48. The van der Waals surface area contributed by atoms with Crippen LogP contribution in [0.1, 0.15) is 90.7 Å². The van der Waals surface area contributed by atoms with Crippen LogP contribution in [0.25, 0.3) is 0 Å². The van der Waals surface area contributed by atoms with Gasteiger partial charge in [-0.2, -0.15) is 0 Å². The van der Waals surface area contributed by atoms with Crippen molar-refractivity contribution in [2.24, 2.45) is 0 Å². The Kier molecular flexibility index (Phi) is 15.6. The van der Waals surface area contributed by atoms with Gasteiger partial charge >= 0.3 is 0 Å². The Morgan fingerprint density at radius 3 is 1.88 bits per heavy atom. The summed E-state index contributed by atoms with van der Waals surface area (Å²) in [6.45, 7) is 12.0. The largest absolute Gasteiger partial charge is 0.379 e. The van der Waals surface area contributed by atoms with E-state index in [-0.39, 0.29) is 30.5 Å².